The number of carbonyl (C=O) groups excluding carboxylic acids is 1. The minimum Gasteiger partial charge on any atom is -0.361 e. The third kappa shape index (κ3) is 3.53. The van der Waals surface area contributed by atoms with Crippen molar-refractivity contribution in [2.45, 2.75) is 24.6 Å². The van der Waals surface area contributed by atoms with Crippen LogP contribution < -0.4 is 4.80 Å². The first kappa shape index (κ1) is 18.6. The molecule has 142 valence electrons. The van der Waals surface area contributed by atoms with E-state index in [1.165, 1.54) is 23.1 Å². The van der Waals surface area contributed by atoms with E-state index < -0.39 is 0 Å². The largest absolute Gasteiger partial charge is 0.361 e. The maximum atomic E-state index is 12.9. The number of amides is 1. The maximum Gasteiger partial charge on any atom is 0.282 e. The highest BCUT2D eigenvalue weighted by atomic mass is 32.2. The molecule has 0 aliphatic heterocycles. The van der Waals surface area contributed by atoms with E-state index in [-0.39, 0.29) is 5.91 Å². The number of thiazole rings is 1. The molecule has 0 fully saturated rings. The summed E-state index contributed by atoms with van der Waals surface area (Å²) in [5, 5.41) is 4.63. The first-order valence-electron chi connectivity index (χ1n) is 8.68. The summed E-state index contributed by atoms with van der Waals surface area (Å²) in [6, 6.07) is 11.5. The molecule has 0 aliphatic carbocycles. The molecule has 1 amide bonds. The van der Waals surface area contributed by atoms with Crippen LogP contribution in [0.25, 0.3) is 10.2 Å². The topological polar surface area (TPSA) is 73.3 Å². The molecule has 0 bridgehead atoms. The van der Waals surface area contributed by atoms with E-state index in [4.69, 9.17) is 4.52 Å². The molecule has 0 radical (unpaired) electrons. The van der Waals surface area contributed by atoms with Crippen LogP contribution in [0.3, 0.4) is 0 Å². The number of pyridine rings is 1. The Bertz CT molecular complexity index is 1220. The van der Waals surface area contributed by atoms with Crippen molar-refractivity contribution in [3.8, 4) is 0 Å². The van der Waals surface area contributed by atoms with Gasteiger partial charge in [-0.15, -0.1) is 11.8 Å². The van der Waals surface area contributed by atoms with Crippen LogP contribution in [0.1, 0.15) is 27.4 Å². The lowest BCUT2D eigenvalue weighted by atomic mass is 10.2. The van der Waals surface area contributed by atoms with Crippen LogP contribution in [-0.2, 0) is 12.8 Å². The van der Waals surface area contributed by atoms with Gasteiger partial charge in [0.05, 0.1) is 21.5 Å². The summed E-state index contributed by atoms with van der Waals surface area (Å²) < 4.78 is 8.24. The lowest BCUT2D eigenvalue weighted by Crippen LogP contribution is -2.13. The highest BCUT2D eigenvalue weighted by Gasteiger charge is 2.15. The molecule has 0 aliphatic rings. The normalized spacial score (nSPS) is 12.0. The fourth-order valence-corrected chi connectivity index (χ4v) is 5.01. The highest BCUT2D eigenvalue weighted by molar-refractivity contribution is 7.98. The number of aryl methyl sites for hydroxylation is 3. The molecular weight excluding hydrogens is 392 g/mol. The summed E-state index contributed by atoms with van der Waals surface area (Å²) in [6.07, 6.45) is 1.69. The van der Waals surface area contributed by atoms with Crippen LogP contribution in [0, 0.1) is 13.8 Å². The summed E-state index contributed by atoms with van der Waals surface area (Å²) in [7, 11) is 1.92. The molecule has 0 N–H and O–H groups in total. The van der Waals surface area contributed by atoms with Crippen molar-refractivity contribution in [3.05, 3.63) is 70.0 Å². The first-order chi connectivity index (χ1) is 13.5. The zero-order valence-corrected chi connectivity index (χ0v) is 17.3. The molecule has 0 saturated heterocycles. The van der Waals surface area contributed by atoms with Gasteiger partial charge in [-0.2, -0.15) is 4.99 Å². The van der Waals surface area contributed by atoms with Gasteiger partial charge in [-0.05, 0) is 38.1 Å². The van der Waals surface area contributed by atoms with Gasteiger partial charge in [0, 0.05) is 24.6 Å². The van der Waals surface area contributed by atoms with Crippen molar-refractivity contribution in [1.82, 2.24) is 14.7 Å². The van der Waals surface area contributed by atoms with Crippen molar-refractivity contribution in [2.24, 2.45) is 12.0 Å². The number of para-hydroxylation sites is 1. The molecule has 4 aromatic rings. The van der Waals surface area contributed by atoms with E-state index >= 15 is 0 Å². The maximum absolute atomic E-state index is 12.9. The average molecular weight is 411 g/mol. The Labute approximate surface area is 169 Å². The van der Waals surface area contributed by atoms with Gasteiger partial charge in [0.2, 0.25) is 0 Å². The molecule has 4 rings (SSSR count). The Morgan fingerprint density at radius 1 is 1.25 bits per heavy atom. The number of rotatable bonds is 4. The van der Waals surface area contributed by atoms with Crippen molar-refractivity contribution >= 4 is 39.2 Å². The van der Waals surface area contributed by atoms with E-state index in [0.29, 0.717) is 21.1 Å². The second kappa shape index (κ2) is 7.73. The predicted molar refractivity (Wildman–Crippen MR) is 110 cm³/mol. The minimum absolute atomic E-state index is 0.295. The first-order valence-corrected chi connectivity index (χ1v) is 10.5. The lowest BCUT2D eigenvalue weighted by molar-refractivity contribution is 0.0994. The van der Waals surface area contributed by atoms with Crippen LogP contribution in [0.4, 0.5) is 0 Å². The van der Waals surface area contributed by atoms with E-state index in [1.54, 1.807) is 18.3 Å². The van der Waals surface area contributed by atoms with Gasteiger partial charge >= 0.3 is 0 Å². The summed E-state index contributed by atoms with van der Waals surface area (Å²) in [6.45, 7) is 3.80. The molecule has 3 aromatic heterocycles. The second-order valence-corrected chi connectivity index (χ2v) is 8.25. The summed E-state index contributed by atoms with van der Waals surface area (Å²) in [5.74, 6) is 1.13. The van der Waals surface area contributed by atoms with E-state index in [1.807, 2.05) is 49.7 Å². The Morgan fingerprint density at radius 3 is 2.82 bits per heavy atom. The fraction of sp³-hybridized carbons (Fsp3) is 0.200. The summed E-state index contributed by atoms with van der Waals surface area (Å²) in [4.78, 5) is 22.3. The van der Waals surface area contributed by atoms with Crippen LogP contribution in [0.5, 0.6) is 0 Å². The van der Waals surface area contributed by atoms with E-state index in [9.17, 15) is 4.79 Å². The zero-order valence-electron chi connectivity index (χ0n) is 15.7. The molecule has 3 heterocycles. The number of aromatic nitrogens is 3. The van der Waals surface area contributed by atoms with E-state index in [0.717, 1.165) is 27.2 Å². The molecule has 28 heavy (non-hydrogen) atoms. The lowest BCUT2D eigenvalue weighted by Gasteiger charge is -2.05. The Hall–Kier alpha value is -2.71. The van der Waals surface area contributed by atoms with Crippen LogP contribution in [0.15, 0.2) is 57.1 Å². The average Bonchev–Trinajstić information content (AvgIpc) is 3.19. The summed E-state index contributed by atoms with van der Waals surface area (Å²) >= 11 is 2.98. The highest BCUT2D eigenvalue weighted by Crippen LogP contribution is 2.27. The fourth-order valence-electron chi connectivity index (χ4n) is 2.85. The smallest absolute Gasteiger partial charge is 0.282 e. The number of fused-ring (bicyclic) bond motifs is 1. The quantitative estimate of drug-likeness (QED) is 0.470. The Morgan fingerprint density at radius 2 is 2.07 bits per heavy atom. The van der Waals surface area contributed by atoms with Gasteiger partial charge in [0.1, 0.15) is 10.8 Å². The minimum atomic E-state index is -0.295. The van der Waals surface area contributed by atoms with Crippen molar-refractivity contribution < 1.29 is 9.32 Å². The molecule has 1 aromatic carbocycles. The molecule has 0 atom stereocenters. The Kier molecular flexibility index (Phi) is 5.15. The number of thioether (sulfide) groups is 1. The third-order valence-electron chi connectivity index (χ3n) is 4.45. The van der Waals surface area contributed by atoms with Crippen LogP contribution in [0.2, 0.25) is 0 Å². The van der Waals surface area contributed by atoms with Gasteiger partial charge in [0.15, 0.2) is 4.80 Å². The van der Waals surface area contributed by atoms with Gasteiger partial charge in [-0.25, -0.2) is 4.98 Å². The number of nitrogens with zero attached hydrogens (tertiary/aromatic N) is 4. The van der Waals surface area contributed by atoms with Crippen molar-refractivity contribution in [3.63, 3.8) is 0 Å². The van der Waals surface area contributed by atoms with Crippen LogP contribution >= 0.6 is 23.1 Å². The van der Waals surface area contributed by atoms with Gasteiger partial charge in [0.25, 0.3) is 5.91 Å². The van der Waals surface area contributed by atoms with Crippen molar-refractivity contribution in [1.29, 1.82) is 0 Å². The Balaban J connectivity index is 1.65. The molecular formula is C20H18N4O2S2. The SMILES string of the molecule is Cc1noc(C)c1CSc1ncccc1C(=O)N=c1sc2ccccc2n1C. The third-order valence-corrected chi connectivity index (χ3v) is 6.59. The van der Waals surface area contributed by atoms with Gasteiger partial charge in [-0.1, -0.05) is 28.6 Å². The molecule has 0 spiro atoms. The number of carbonyl (C=O) groups is 1. The monoisotopic (exact) mass is 410 g/mol. The van der Waals surface area contributed by atoms with Crippen molar-refractivity contribution in [2.75, 3.05) is 0 Å². The zero-order chi connectivity index (χ0) is 19.7. The molecule has 0 saturated carbocycles. The number of hydrogen-bond donors (Lipinski definition) is 0. The second-order valence-electron chi connectivity index (χ2n) is 6.28. The number of hydrogen-bond acceptors (Lipinski definition) is 6. The molecule has 6 nitrogen and oxygen atoms in total. The molecule has 8 heteroatoms. The van der Waals surface area contributed by atoms with Crippen LogP contribution in [-0.4, -0.2) is 20.6 Å². The standard InChI is InChI=1S/C20H18N4O2S2/c1-12-15(13(2)26-23-12)11-27-19-14(7-6-10-21-19)18(25)22-20-24(3)16-8-4-5-9-17(16)28-20/h4-10H,11H2,1-3H3. The number of benzene rings is 1. The van der Waals surface area contributed by atoms with E-state index in [2.05, 4.69) is 15.1 Å². The molecule has 0 unspecified atom stereocenters. The van der Waals surface area contributed by atoms with Gasteiger partial charge < -0.3 is 9.09 Å². The predicted octanol–water partition coefficient (Wildman–Crippen LogP) is 4.27. The van der Waals surface area contributed by atoms with Gasteiger partial charge in [-0.3, -0.25) is 4.79 Å². The summed E-state index contributed by atoms with van der Waals surface area (Å²) in [5.41, 5.74) is 3.44.